The number of aromatic nitrogens is 2. The van der Waals surface area contributed by atoms with Gasteiger partial charge in [-0.1, -0.05) is 30.1 Å². The number of nitrogens with two attached hydrogens (primary N) is 1. The number of hydrogen-bond donors (Lipinski definition) is 2. The van der Waals surface area contributed by atoms with Gasteiger partial charge in [0.1, 0.15) is 6.10 Å². The van der Waals surface area contributed by atoms with Crippen LogP contribution in [0.15, 0.2) is 36.8 Å². The van der Waals surface area contributed by atoms with Gasteiger partial charge in [-0.25, -0.2) is 13.8 Å². The lowest BCUT2D eigenvalue weighted by Gasteiger charge is -2.48. The van der Waals surface area contributed by atoms with E-state index in [1.807, 2.05) is 4.90 Å². The molecule has 2 aromatic heterocycles. The van der Waals surface area contributed by atoms with Gasteiger partial charge >= 0.3 is 0 Å². The van der Waals surface area contributed by atoms with Crippen molar-refractivity contribution >= 4 is 48.3 Å². The van der Waals surface area contributed by atoms with E-state index >= 15 is 4.39 Å². The zero-order valence-corrected chi connectivity index (χ0v) is 23.5. The first-order valence-corrected chi connectivity index (χ1v) is 15.2. The van der Waals surface area contributed by atoms with Gasteiger partial charge in [0.15, 0.2) is 23.2 Å². The summed E-state index contributed by atoms with van der Waals surface area (Å²) in [6, 6.07) is 3.64. The molecule has 0 aliphatic carbocycles. The Hall–Kier alpha value is -2.54. The van der Waals surface area contributed by atoms with Crippen molar-refractivity contribution in [3.8, 4) is 5.75 Å². The molecular formula is C26H29Cl2F2N5OP+. The van der Waals surface area contributed by atoms with Gasteiger partial charge < -0.3 is 15.4 Å². The van der Waals surface area contributed by atoms with Crippen LogP contribution in [0.3, 0.4) is 0 Å². The maximum atomic E-state index is 15.1. The second kappa shape index (κ2) is 10.7. The molecule has 6 nitrogen and oxygen atoms in total. The smallest absolute Gasteiger partial charge is 0.167 e. The van der Waals surface area contributed by atoms with E-state index in [4.69, 9.17) is 39.1 Å². The Balaban J connectivity index is 1.55. The summed E-state index contributed by atoms with van der Waals surface area (Å²) in [6.07, 6.45) is 4.71. The molecule has 3 aromatic rings. The van der Waals surface area contributed by atoms with E-state index in [1.54, 1.807) is 6.92 Å². The van der Waals surface area contributed by atoms with Gasteiger partial charge in [0, 0.05) is 78.9 Å². The standard InChI is InChI=1S/C26H28Cl2F2N5OP/c1-14(23-17(27)9-33-10-18(23)28)36-22-6-16(21(31)7-19(22)29)24(32)15-5-20(30)25(34-8-15)35-11-26(2,12-35)13-37(3)4/h5-10,14,32H,11-13,31H2,1-4H3/p+1/t14-/m1/s1. The number of pyridine rings is 2. The number of benzene rings is 1. The first-order valence-electron chi connectivity index (χ1n) is 11.7. The number of nitrogens with one attached hydrogen (secondary N) is 1. The van der Waals surface area contributed by atoms with Crippen LogP contribution in [0.25, 0.3) is 0 Å². The van der Waals surface area contributed by atoms with Crippen LogP contribution in [0.2, 0.25) is 10.0 Å². The van der Waals surface area contributed by atoms with E-state index < -0.39 is 17.7 Å². The second-order valence-corrected chi connectivity index (χ2v) is 13.7. The van der Waals surface area contributed by atoms with Crippen molar-refractivity contribution < 1.29 is 13.5 Å². The predicted octanol–water partition coefficient (Wildman–Crippen LogP) is 6.50. The average molecular weight is 567 g/mol. The predicted molar refractivity (Wildman–Crippen MR) is 150 cm³/mol. The molecule has 1 aliphatic heterocycles. The number of nitrogens with zero attached hydrogens (tertiary/aromatic N) is 3. The maximum absolute atomic E-state index is 15.1. The van der Waals surface area contributed by atoms with Crippen molar-refractivity contribution in [2.45, 2.75) is 20.0 Å². The minimum absolute atomic E-state index is 0.0159. The highest BCUT2D eigenvalue weighted by molar-refractivity contribution is 7.56. The third kappa shape index (κ3) is 5.82. The topological polar surface area (TPSA) is 88.1 Å². The van der Waals surface area contributed by atoms with Crippen molar-refractivity contribution in [3.05, 3.63) is 75.2 Å². The van der Waals surface area contributed by atoms with Crippen molar-refractivity contribution in [3.63, 3.8) is 0 Å². The van der Waals surface area contributed by atoms with Gasteiger partial charge in [-0.2, -0.15) is 0 Å². The lowest BCUT2D eigenvalue weighted by molar-refractivity contribution is 0.216. The molecule has 3 N–H and O–H groups in total. The van der Waals surface area contributed by atoms with E-state index in [9.17, 15) is 4.39 Å². The SMILES string of the molecule is C[C@@H](Oc1cc(C(=N)c2cnc(N3CC(C)(C[PH+](C)C)C3)c(F)c2)c(N)cc1F)c1c(Cl)cncc1Cl. The molecule has 1 aliphatic rings. The number of hydrogen-bond acceptors (Lipinski definition) is 6. The van der Waals surface area contributed by atoms with Crippen LogP contribution in [0.5, 0.6) is 5.75 Å². The molecule has 0 amide bonds. The van der Waals surface area contributed by atoms with Crippen LogP contribution < -0.4 is 15.4 Å². The summed E-state index contributed by atoms with van der Waals surface area (Å²) in [5, 5.41) is 9.19. The van der Waals surface area contributed by atoms with Crippen LogP contribution in [-0.2, 0) is 0 Å². The van der Waals surface area contributed by atoms with Gasteiger partial charge in [-0.3, -0.25) is 10.4 Å². The highest BCUT2D eigenvalue weighted by atomic mass is 35.5. The van der Waals surface area contributed by atoms with E-state index in [1.165, 1.54) is 30.7 Å². The third-order valence-corrected chi connectivity index (χ3v) is 8.47. The highest BCUT2D eigenvalue weighted by Crippen LogP contribution is 2.43. The van der Waals surface area contributed by atoms with Gasteiger partial charge in [0.05, 0.1) is 21.9 Å². The zero-order chi connectivity index (χ0) is 27.1. The Kier molecular flexibility index (Phi) is 7.93. The lowest BCUT2D eigenvalue weighted by Crippen LogP contribution is -2.57. The summed E-state index contributed by atoms with van der Waals surface area (Å²) in [4.78, 5) is 10.1. The zero-order valence-electron chi connectivity index (χ0n) is 21.0. The Morgan fingerprint density at radius 2 is 1.81 bits per heavy atom. The number of halogens is 4. The van der Waals surface area contributed by atoms with Gasteiger partial charge in [-0.05, 0) is 27.0 Å². The summed E-state index contributed by atoms with van der Waals surface area (Å²) in [7, 11) is -0.387. The first kappa shape index (κ1) is 27.5. The molecule has 0 bridgehead atoms. The molecule has 3 heterocycles. The molecule has 11 heteroatoms. The Morgan fingerprint density at radius 3 is 2.41 bits per heavy atom. The Bertz CT molecular complexity index is 1330. The van der Waals surface area contributed by atoms with Crippen LogP contribution in [0, 0.1) is 22.5 Å². The average Bonchev–Trinajstić information content (AvgIpc) is 2.78. The largest absolute Gasteiger partial charge is 0.483 e. The summed E-state index contributed by atoms with van der Waals surface area (Å²) >= 11 is 12.4. The van der Waals surface area contributed by atoms with Crippen LogP contribution >= 0.6 is 31.1 Å². The number of nitrogen functional groups attached to an aromatic ring is 1. The summed E-state index contributed by atoms with van der Waals surface area (Å²) < 4.78 is 35.6. The van der Waals surface area contributed by atoms with Crippen molar-refractivity contribution in [1.29, 1.82) is 5.41 Å². The molecule has 0 spiro atoms. The Labute approximate surface area is 226 Å². The Morgan fingerprint density at radius 1 is 1.16 bits per heavy atom. The normalized spacial score (nSPS) is 15.4. The molecule has 1 fully saturated rings. The van der Waals surface area contributed by atoms with E-state index in [0.717, 1.165) is 25.3 Å². The summed E-state index contributed by atoms with van der Waals surface area (Å²) in [6.45, 7) is 9.93. The number of ether oxygens (including phenoxy) is 1. The molecule has 1 aromatic carbocycles. The van der Waals surface area contributed by atoms with Crippen LogP contribution in [-0.4, -0.2) is 48.3 Å². The minimum atomic E-state index is -0.721. The van der Waals surface area contributed by atoms with E-state index in [-0.39, 0.29) is 57.5 Å². The number of rotatable bonds is 8. The molecule has 1 saturated heterocycles. The monoisotopic (exact) mass is 566 g/mol. The van der Waals surface area contributed by atoms with Crippen molar-refractivity contribution in [2.24, 2.45) is 5.41 Å². The van der Waals surface area contributed by atoms with E-state index in [2.05, 4.69) is 30.2 Å². The first-order chi connectivity index (χ1) is 17.4. The van der Waals surface area contributed by atoms with Crippen molar-refractivity contribution in [2.75, 3.05) is 43.2 Å². The summed E-state index contributed by atoms with van der Waals surface area (Å²) in [5.74, 6) is -1.11. The van der Waals surface area contributed by atoms with Gasteiger partial charge in [-0.15, -0.1) is 0 Å². The fourth-order valence-electron chi connectivity index (χ4n) is 4.88. The molecule has 0 saturated carbocycles. The molecule has 37 heavy (non-hydrogen) atoms. The van der Waals surface area contributed by atoms with E-state index in [0.29, 0.717) is 5.56 Å². The van der Waals surface area contributed by atoms with Gasteiger partial charge in [0.25, 0.3) is 0 Å². The fraction of sp³-hybridized carbons (Fsp3) is 0.346. The van der Waals surface area contributed by atoms with Crippen LogP contribution in [0.4, 0.5) is 20.3 Å². The minimum Gasteiger partial charge on any atom is -0.483 e. The molecule has 196 valence electrons. The highest BCUT2D eigenvalue weighted by Gasteiger charge is 2.43. The molecule has 0 radical (unpaired) electrons. The molecule has 1 atom stereocenters. The van der Waals surface area contributed by atoms with Crippen LogP contribution in [0.1, 0.15) is 36.6 Å². The number of anilines is 2. The quantitative estimate of drug-likeness (QED) is 0.184. The summed E-state index contributed by atoms with van der Waals surface area (Å²) in [5.41, 5.74) is 6.97. The van der Waals surface area contributed by atoms with Crippen molar-refractivity contribution in [1.82, 2.24) is 9.97 Å². The molecule has 0 unspecified atom stereocenters. The third-order valence-electron chi connectivity index (χ3n) is 6.31. The van der Waals surface area contributed by atoms with Gasteiger partial charge in [0.2, 0.25) is 0 Å². The lowest BCUT2D eigenvalue weighted by atomic mass is 9.84. The molecule has 4 rings (SSSR count). The second-order valence-electron chi connectivity index (χ2n) is 10.1. The maximum Gasteiger partial charge on any atom is 0.167 e. The fourth-order valence-corrected chi connectivity index (χ4v) is 7.48. The molecular weight excluding hydrogens is 538 g/mol.